The zero-order valence-corrected chi connectivity index (χ0v) is 39.4. The van der Waals surface area contributed by atoms with Crippen molar-refractivity contribution in [3.05, 3.63) is 0 Å². The smallest absolute Gasteiger partial charge is 0.326 e. The van der Waals surface area contributed by atoms with Crippen molar-refractivity contribution in [2.75, 3.05) is 91.8 Å². The van der Waals surface area contributed by atoms with E-state index in [2.05, 4.69) is 115 Å². The van der Waals surface area contributed by atoms with Crippen molar-refractivity contribution in [2.45, 2.75) is 145 Å². The van der Waals surface area contributed by atoms with Crippen LogP contribution in [-0.2, 0) is 21.2 Å². The first kappa shape index (κ1) is 49.5. The number of nitrogens with zero attached hydrogens (tertiary/aromatic N) is 4. The van der Waals surface area contributed by atoms with Gasteiger partial charge in [0, 0.05) is 13.2 Å². The molecule has 0 saturated carbocycles. The highest BCUT2D eigenvalue weighted by molar-refractivity contribution is 6.88. The molecule has 4 atom stereocenters. The molecule has 0 aromatic carbocycles. The second-order valence-electron chi connectivity index (χ2n) is 14.2. The van der Waals surface area contributed by atoms with Gasteiger partial charge in [-0.3, -0.25) is 0 Å². The predicted molar refractivity (Wildman–Crippen MR) is 222 cm³/mol. The van der Waals surface area contributed by atoms with E-state index in [1.807, 2.05) is 0 Å². The topological polar surface area (TPSA) is 59.1 Å². The summed E-state index contributed by atoms with van der Waals surface area (Å²) >= 11 is 0. The predicted octanol–water partition coefficient (Wildman–Crippen LogP) is 8.32. The normalized spacial score (nSPS) is 17.5. The molecule has 0 bridgehead atoms. The molecule has 0 amide bonds. The lowest BCUT2D eigenvalue weighted by molar-refractivity contribution is 0.202. The molecule has 0 aliphatic rings. The van der Waals surface area contributed by atoms with Gasteiger partial charge in [-0.15, -0.1) is 0 Å². The fourth-order valence-corrected chi connectivity index (χ4v) is 26.9. The zero-order chi connectivity index (χ0) is 37.4. The van der Waals surface area contributed by atoms with Gasteiger partial charge in [-0.1, -0.05) is 55.4 Å². The first-order chi connectivity index (χ1) is 23.2. The molecule has 0 radical (unpaired) electrons. The first-order valence-electron chi connectivity index (χ1n) is 20.5. The molecular weight excluding hydrogens is 681 g/mol. The molecular formula is C36H86N4O5Si4. The van der Waals surface area contributed by atoms with Gasteiger partial charge in [0.05, 0.1) is 0 Å². The molecule has 4 unspecified atom stereocenters. The molecule has 0 heterocycles. The molecule has 0 N–H and O–H groups in total. The number of hydrogen-bond acceptors (Lipinski definition) is 9. The van der Waals surface area contributed by atoms with Crippen LogP contribution in [0, 0.1) is 0 Å². The molecule has 0 fully saturated rings. The molecule has 13 heteroatoms. The third-order valence-electron chi connectivity index (χ3n) is 10.2. The molecule has 0 saturated heterocycles. The molecule has 296 valence electrons. The third kappa shape index (κ3) is 21.1. The maximum absolute atomic E-state index is 7.63. The van der Waals surface area contributed by atoms with Crippen molar-refractivity contribution in [3.63, 3.8) is 0 Å². The van der Waals surface area contributed by atoms with E-state index in [4.69, 9.17) is 21.2 Å². The van der Waals surface area contributed by atoms with Crippen LogP contribution in [0.3, 0.4) is 0 Å². The Bertz CT molecular complexity index is 737. The summed E-state index contributed by atoms with van der Waals surface area (Å²) in [6.07, 6.45) is 4.30. The Hall–Kier alpha value is 0.508. The average Bonchev–Trinajstić information content (AvgIpc) is 3.05. The van der Waals surface area contributed by atoms with E-state index >= 15 is 0 Å². The van der Waals surface area contributed by atoms with Gasteiger partial charge in [-0.05, 0) is 168 Å². The average molecular weight is 767 g/mol. The highest BCUT2D eigenvalue weighted by atomic mass is 28.5. The Morgan fingerprint density at radius 1 is 0.327 bits per heavy atom. The summed E-state index contributed by atoms with van der Waals surface area (Å²) in [5, 5.41) is 0. The van der Waals surface area contributed by atoms with E-state index in [1.165, 1.54) is 0 Å². The largest absolute Gasteiger partial charge is 0.416 e. The lowest BCUT2D eigenvalue weighted by atomic mass is 10.4. The summed E-state index contributed by atoms with van der Waals surface area (Å²) in [6, 6.07) is 3.87. The van der Waals surface area contributed by atoms with Gasteiger partial charge in [0.1, 0.15) is 0 Å². The Balaban J connectivity index is 6.59. The van der Waals surface area contributed by atoms with E-state index in [-0.39, 0.29) is 0 Å². The Morgan fingerprint density at radius 2 is 0.531 bits per heavy atom. The summed E-state index contributed by atoms with van der Waals surface area (Å²) < 4.78 is 35.8. The van der Waals surface area contributed by atoms with Gasteiger partial charge in [-0.25, -0.2) is 0 Å². The number of rotatable bonds is 34. The molecule has 9 nitrogen and oxygen atoms in total. The molecule has 0 rings (SSSR count). The van der Waals surface area contributed by atoms with E-state index < -0.39 is 34.2 Å². The fourth-order valence-electron chi connectivity index (χ4n) is 7.19. The van der Waals surface area contributed by atoms with Gasteiger partial charge >= 0.3 is 34.2 Å². The standard InChI is InChI=1S/C36H86N4O5Si4/c1-15-37(16-2)29-25-33-46(11,41-23-9)43-48(13,35-27-31-39(19-5)20-6)45-49(14,36-28-32-40(21-7)22-8)44-47(12,42-24-10)34-26-30-38(17-3)18-4/h15-36H2,1-14H3. The van der Waals surface area contributed by atoms with Gasteiger partial charge in [0.2, 0.25) is 0 Å². The highest BCUT2D eigenvalue weighted by Gasteiger charge is 2.51. The first-order valence-corrected chi connectivity index (χ1v) is 30.6. The summed E-state index contributed by atoms with van der Waals surface area (Å²) in [4.78, 5) is 10.0. The van der Waals surface area contributed by atoms with Gasteiger partial charge < -0.3 is 40.8 Å². The summed E-state index contributed by atoms with van der Waals surface area (Å²) in [5.74, 6) is 0. The molecule has 0 aromatic rings. The number of hydrogen-bond donors (Lipinski definition) is 0. The third-order valence-corrected chi connectivity index (χ3v) is 27.4. The monoisotopic (exact) mass is 767 g/mol. The van der Waals surface area contributed by atoms with Crippen molar-refractivity contribution in [3.8, 4) is 0 Å². The summed E-state index contributed by atoms with van der Waals surface area (Å²) in [5.41, 5.74) is 0. The highest BCUT2D eigenvalue weighted by Crippen LogP contribution is 2.34. The maximum Gasteiger partial charge on any atom is 0.326 e. The lowest BCUT2D eigenvalue weighted by Gasteiger charge is -2.45. The Labute approximate surface area is 311 Å². The van der Waals surface area contributed by atoms with Crippen LogP contribution in [0.15, 0.2) is 0 Å². The van der Waals surface area contributed by atoms with Crippen LogP contribution in [0.25, 0.3) is 0 Å². The molecule has 49 heavy (non-hydrogen) atoms. The van der Waals surface area contributed by atoms with Crippen molar-refractivity contribution >= 4 is 34.2 Å². The van der Waals surface area contributed by atoms with Crippen LogP contribution in [0.5, 0.6) is 0 Å². The van der Waals surface area contributed by atoms with Crippen LogP contribution in [0.4, 0.5) is 0 Å². The van der Waals surface area contributed by atoms with Crippen molar-refractivity contribution in [1.29, 1.82) is 0 Å². The second-order valence-corrected chi connectivity index (χ2v) is 28.3. The van der Waals surface area contributed by atoms with Gasteiger partial charge in [0.15, 0.2) is 0 Å². The minimum atomic E-state index is -2.74. The van der Waals surface area contributed by atoms with E-state index in [0.29, 0.717) is 13.2 Å². The molecule has 0 spiro atoms. The minimum absolute atomic E-state index is 0.675. The Morgan fingerprint density at radius 3 is 0.735 bits per heavy atom. The second kappa shape index (κ2) is 27.1. The summed E-state index contributed by atoms with van der Waals surface area (Å²) in [6.45, 7) is 45.8. The van der Waals surface area contributed by atoms with Crippen molar-refractivity contribution in [2.24, 2.45) is 0 Å². The van der Waals surface area contributed by atoms with Crippen molar-refractivity contribution < 1.29 is 21.2 Å². The van der Waals surface area contributed by atoms with Crippen LogP contribution in [0.2, 0.25) is 50.4 Å². The zero-order valence-electron chi connectivity index (χ0n) is 35.4. The molecule has 0 aromatic heterocycles. The molecule has 0 aliphatic carbocycles. The lowest BCUT2D eigenvalue weighted by Crippen LogP contribution is -2.61. The van der Waals surface area contributed by atoms with E-state index in [9.17, 15) is 0 Å². The van der Waals surface area contributed by atoms with E-state index in [1.54, 1.807) is 0 Å². The SMILES string of the molecule is CCO[Si](C)(CCCN(CC)CC)O[Si](C)(CCCN(CC)CC)O[Si](C)(CCCN(CC)CC)O[Si](C)(CCCN(CC)CC)OCC. The van der Waals surface area contributed by atoms with Crippen LogP contribution >= 0.6 is 0 Å². The van der Waals surface area contributed by atoms with Crippen LogP contribution in [-0.4, -0.2) is 146 Å². The fraction of sp³-hybridized carbons (Fsp3) is 1.00. The van der Waals surface area contributed by atoms with Gasteiger partial charge in [0.25, 0.3) is 0 Å². The molecule has 0 aliphatic heterocycles. The van der Waals surface area contributed by atoms with Crippen molar-refractivity contribution in [1.82, 2.24) is 19.6 Å². The van der Waals surface area contributed by atoms with Gasteiger partial charge in [-0.2, -0.15) is 0 Å². The summed E-state index contributed by atoms with van der Waals surface area (Å²) in [7, 11) is -10.5. The van der Waals surface area contributed by atoms with Crippen LogP contribution < -0.4 is 0 Å². The maximum atomic E-state index is 7.63. The van der Waals surface area contributed by atoms with E-state index in [0.717, 1.165) is 128 Å². The quantitative estimate of drug-likeness (QED) is 0.0602. The van der Waals surface area contributed by atoms with Crippen LogP contribution in [0.1, 0.15) is 94.9 Å². The Kier molecular flexibility index (Phi) is 27.4. The minimum Gasteiger partial charge on any atom is -0.416 e.